The quantitative estimate of drug-likeness (QED) is 0.355. The second kappa shape index (κ2) is 10.7. The first-order chi connectivity index (χ1) is 18.6. The maximum atomic E-state index is 13.6. The van der Waals surface area contributed by atoms with E-state index in [-0.39, 0.29) is 11.5 Å². The molecule has 5 rings (SSSR count). The first kappa shape index (κ1) is 26.7. The first-order valence-corrected chi connectivity index (χ1v) is 13.3. The molecule has 1 fully saturated rings. The van der Waals surface area contributed by atoms with Gasteiger partial charge in [-0.2, -0.15) is 0 Å². The molecular weight excluding hydrogens is 514 g/mol. The van der Waals surface area contributed by atoms with Crippen LogP contribution in [0.5, 0.6) is 0 Å². The molecule has 0 radical (unpaired) electrons. The van der Waals surface area contributed by atoms with Crippen molar-refractivity contribution in [2.45, 2.75) is 20.4 Å². The Morgan fingerprint density at radius 1 is 1.00 bits per heavy atom. The number of aryl methyl sites for hydroxylation is 3. The Balaban J connectivity index is 1.27. The van der Waals surface area contributed by atoms with Crippen molar-refractivity contribution < 1.29 is 14.7 Å². The van der Waals surface area contributed by atoms with Crippen molar-refractivity contribution in [1.29, 1.82) is 0 Å². The molecule has 0 aliphatic carbocycles. The van der Waals surface area contributed by atoms with Gasteiger partial charge in [-0.25, -0.2) is 9.78 Å². The Kier molecular flexibility index (Phi) is 7.34. The van der Waals surface area contributed by atoms with Crippen molar-refractivity contribution in [3.8, 4) is 0 Å². The molecule has 0 spiro atoms. The summed E-state index contributed by atoms with van der Waals surface area (Å²) in [6.45, 7) is 7.30. The second-order valence-electron chi connectivity index (χ2n) is 10.2. The van der Waals surface area contributed by atoms with Gasteiger partial charge >= 0.3 is 5.97 Å². The zero-order valence-electron chi connectivity index (χ0n) is 22.6. The standard InChI is InChI=1S/C30H32ClN5O3/c1-19-5-10-26(24(31)15-19)33(3)22-8-6-20(2)23(17-22)29(37)36-13-11-35(12-14-36)18-28-32-25-9-7-21(30(38)39)16-27(25)34(28)4/h5-10,15-17H,11-14,18H2,1-4H3,(H,38,39). The third kappa shape index (κ3) is 5.35. The van der Waals surface area contributed by atoms with Crippen LogP contribution in [0.15, 0.2) is 54.6 Å². The molecule has 0 saturated carbocycles. The Bertz CT molecular complexity index is 1570. The number of carbonyl (C=O) groups excluding carboxylic acids is 1. The van der Waals surface area contributed by atoms with Gasteiger partial charge in [-0.15, -0.1) is 0 Å². The van der Waals surface area contributed by atoms with Gasteiger partial charge in [-0.1, -0.05) is 23.7 Å². The summed E-state index contributed by atoms with van der Waals surface area (Å²) in [6, 6.07) is 16.9. The number of hydrogen-bond donors (Lipinski definition) is 1. The number of hydrogen-bond acceptors (Lipinski definition) is 5. The number of carboxylic acid groups (broad SMARTS) is 1. The van der Waals surface area contributed by atoms with E-state index in [0.29, 0.717) is 30.2 Å². The molecular formula is C30H32ClN5O3. The third-order valence-electron chi connectivity index (χ3n) is 7.55. The highest BCUT2D eigenvalue weighted by atomic mass is 35.5. The lowest BCUT2D eigenvalue weighted by Crippen LogP contribution is -2.48. The lowest BCUT2D eigenvalue weighted by Gasteiger charge is -2.35. The van der Waals surface area contributed by atoms with Crippen LogP contribution in [0.25, 0.3) is 11.0 Å². The van der Waals surface area contributed by atoms with E-state index in [1.807, 2.05) is 78.7 Å². The number of aromatic carboxylic acids is 1. The van der Waals surface area contributed by atoms with E-state index < -0.39 is 5.97 Å². The average molecular weight is 546 g/mol. The Hall–Kier alpha value is -3.88. The summed E-state index contributed by atoms with van der Waals surface area (Å²) in [5.41, 5.74) is 6.34. The number of fused-ring (bicyclic) bond motifs is 1. The molecule has 1 aliphatic rings. The van der Waals surface area contributed by atoms with Gasteiger partial charge in [0, 0.05) is 51.5 Å². The highest BCUT2D eigenvalue weighted by molar-refractivity contribution is 6.33. The monoisotopic (exact) mass is 545 g/mol. The van der Waals surface area contributed by atoms with Crippen molar-refractivity contribution in [3.05, 3.63) is 87.7 Å². The summed E-state index contributed by atoms with van der Waals surface area (Å²) >= 11 is 6.50. The minimum absolute atomic E-state index is 0.0290. The molecule has 8 nitrogen and oxygen atoms in total. The van der Waals surface area contributed by atoms with Gasteiger partial charge in [0.05, 0.1) is 33.9 Å². The molecule has 0 atom stereocenters. The van der Waals surface area contributed by atoms with Gasteiger partial charge in [0.15, 0.2) is 0 Å². The number of benzene rings is 3. The fourth-order valence-electron chi connectivity index (χ4n) is 5.07. The van der Waals surface area contributed by atoms with Gasteiger partial charge in [0.25, 0.3) is 5.91 Å². The predicted octanol–water partition coefficient (Wildman–Crippen LogP) is 5.27. The van der Waals surface area contributed by atoms with Crippen LogP contribution in [0.1, 0.15) is 37.7 Å². The zero-order valence-corrected chi connectivity index (χ0v) is 23.4. The van der Waals surface area contributed by atoms with Crippen LogP contribution in [0.2, 0.25) is 5.02 Å². The van der Waals surface area contributed by atoms with Crippen LogP contribution in [0.3, 0.4) is 0 Å². The number of rotatable bonds is 6. The molecule has 4 aromatic rings. The molecule has 1 N–H and O–H groups in total. The van der Waals surface area contributed by atoms with Crippen molar-refractivity contribution in [3.63, 3.8) is 0 Å². The summed E-state index contributed by atoms with van der Waals surface area (Å²) in [4.78, 5) is 35.8. The maximum absolute atomic E-state index is 13.6. The minimum Gasteiger partial charge on any atom is -0.478 e. The maximum Gasteiger partial charge on any atom is 0.335 e. The van der Waals surface area contributed by atoms with Crippen LogP contribution >= 0.6 is 11.6 Å². The van der Waals surface area contributed by atoms with E-state index in [9.17, 15) is 14.7 Å². The summed E-state index contributed by atoms with van der Waals surface area (Å²) < 4.78 is 1.95. The van der Waals surface area contributed by atoms with Crippen LogP contribution in [-0.4, -0.2) is 69.6 Å². The van der Waals surface area contributed by atoms with Gasteiger partial charge in [-0.3, -0.25) is 9.69 Å². The largest absolute Gasteiger partial charge is 0.478 e. The SMILES string of the molecule is Cc1ccc(N(C)c2ccc(C)c(C(=O)N3CCN(Cc4nc5ccc(C(=O)O)cc5n4C)CC3)c2)c(Cl)c1. The van der Waals surface area contributed by atoms with Crippen LogP contribution in [0.4, 0.5) is 11.4 Å². The molecule has 39 heavy (non-hydrogen) atoms. The van der Waals surface area contributed by atoms with Gasteiger partial charge in [-0.05, 0) is 67.4 Å². The van der Waals surface area contributed by atoms with E-state index in [1.165, 1.54) is 0 Å². The molecule has 0 bridgehead atoms. The molecule has 1 aliphatic heterocycles. The number of anilines is 2. The molecule has 202 valence electrons. The molecule has 2 heterocycles. The molecule has 0 unspecified atom stereocenters. The molecule has 1 aromatic heterocycles. The highest BCUT2D eigenvalue weighted by Gasteiger charge is 2.25. The number of imidazole rings is 1. The zero-order chi connectivity index (χ0) is 27.8. The third-order valence-corrected chi connectivity index (χ3v) is 7.85. The Morgan fingerprint density at radius 2 is 1.74 bits per heavy atom. The van der Waals surface area contributed by atoms with E-state index in [2.05, 4.69) is 4.90 Å². The Morgan fingerprint density at radius 3 is 2.44 bits per heavy atom. The first-order valence-electron chi connectivity index (χ1n) is 12.9. The highest BCUT2D eigenvalue weighted by Crippen LogP contribution is 2.32. The number of aromatic nitrogens is 2. The number of piperazine rings is 1. The van der Waals surface area contributed by atoms with Crippen molar-refractivity contribution in [2.75, 3.05) is 38.1 Å². The van der Waals surface area contributed by atoms with Crippen molar-refractivity contribution in [1.82, 2.24) is 19.4 Å². The lowest BCUT2D eigenvalue weighted by molar-refractivity contribution is 0.0623. The average Bonchev–Trinajstić information content (AvgIpc) is 3.23. The summed E-state index contributed by atoms with van der Waals surface area (Å²) in [7, 11) is 3.87. The van der Waals surface area contributed by atoms with Gasteiger partial charge in [0.1, 0.15) is 5.82 Å². The predicted molar refractivity (Wildman–Crippen MR) is 154 cm³/mol. The number of nitrogens with zero attached hydrogens (tertiary/aromatic N) is 5. The topological polar surface area (TPSA) is 81.9 Å². The van der Waals surface area contributed by atoms with E-state index >= 15 is 0 Å². The minimum atomic E-state index is -0.952. The van der Waals surface area contributed by atoms with Crippen LogP contribution < -0.4 is 4.90 Å². The van der Waals surface area contributed by atoms with Crippen molar-refractivity contribution >= 4 is 45.9 Å². The van der Waals surface area contributed by atoms with E-state index in [4.69, 9.17) is 16.6 Å². The fraction of sp³-hybridized carbons (Fsp3) is 0.300. The summed E-state index contributed by atoms with van der Waals surface area (Å²) in [5.74, 6) is -0.0539. The number of carbonyl (C=O) groups is 2. The van der Waals surface area contributed by atoms with Gasteiger partial charge in [0.2, 0.25) is 0 Å². The summed E-state index contributed by atoms with van der Waals surface area (Å²) in [5, 5.41) is 9.98. The van der Waals surface area contributed by atoms with Crippen LogP contribution in [0, 0.1) is 13.8 Å². The fourth-order valence-corrected chi connectivity index (χ4v) is 5.43. The lowest BCUT2D eigenvalue weighted by atomic mass is 10.0. The van der Waals surface area contributed by atoms with Crippen LogP contribution in [-0.2, 0) is 13.6 Å². The smallest absolute Gasteiger partial charge is 0.335 e. The molecule has 1 saturated heterocycles. The summed E-state index contributed by atoms with van der Waals surface area (Å²) in [6.07, 6.45) is 0. The second-order valence-corrected chi connectivity index (χ2v) is 10.6. The van der Waals surface area contributed by atoms with E-state index in [0.717, 1.165) is 52.4 Å². The molecule has 9 heteroatoms. The Labute approximate surface area is 233 Å². The molecule has 3 aromatic carbocycles. The number of amides is 1. The number of carboxylic acids is 1. The van der Waals surface area contributed by atoms with Gasteiger partial charge < -0.3 is 19.5 Å². The molecule has 1 amide bonds. The normalized spacial score (nSPS) is 14.1. The van der Waals surface area contributed by atoms with E-state index in [1.54, 1.807) is 18.2 Å². The number of halogens is 1. The van der Waals surface area contributed by atoms with Crippen molar-refractivity contribution in [2.24, 2.45) is 7.05 Å².